The maximum Gasteiger partial charge on any atom is 0.114 e. The highest BCUT2D eigenvalue weighted by atomic mass is 16.5. The lowest BCUT2D eigenvalue weighted by atomic mass is 10.4. The number of hydrogen-bond acceptors (Lipinski definition) is 1. The minimum Gasteiger partial charge on any atom is -0.494 e. The quantitative estimate of drug-likeness (QED) is 0.333. The predicted molar refractivity (Wildman–Crippen MR) is 46.8 cm³/mol. The highest BCUT2D eigenvalue weighted by Gasteiger charge is 1.82. The van der Waals surface area contributed by atoms with Gasteiger partial charge >= 0.3 is 0 Å². The lowest BCUT2D eigenvalue weighted by molar-refractivity contribution is 0.242. The van der Waals surface area contributed by atoms with Crippen molar-refractivity contribution >= 4 is 0 Å². The van der Waals surface area contributed by atoms with Crippen molar-refractivity contribution in [2.75, 3.05) is 6.61 Å². The summed E-state index contributed by atoms with van der Waals surface area (Å²) in [6.45, 7) is 14.1. The van der Waals surface area contributed by atoms with Gasteiger partial charge in [0, 0.05) is 0 Å². The molecular weight excluding hydrogens is 124 g/mol. The summed E-state index contributed by atoms with van der Waals surface area (Å²) < 4.78 is 5.08. The van der Waals surface area contributed by atoms with Gasteiger partial charge in [0.2, 0.25) is 0 Å². The molecule has 0 aliphatic heterocycles. The first kappa shape index (κ1) is 11.8. The summed E-state index contributed by atoms with van der Waals surface area (Å²) >= 11 is 0. The zero-order valence-electron chi connectivity index (χ0n) is 6.89. The molecular formula is C9H16O. The van der Waals surface area contributed by atoms with Gasteiger partial charge in [-0.3, -0.25) is 0 Å². The minimum atomic E-state index is 0.714. The van der Waals surface area contributed by atoms with E-state index < -0.39 is 0 Å². The van der Waals surface area contributed by atoms with Crippen molar-refractivity contribution in [3.05, 3.63) is 37.6 Å². The summed E-state index contributed by atoms with van der Waals surface area (Å²) in [5.41, 5.74) is 0. The summed E-state index contributed by atoms with van der Waals surface area (Å²) in [5.74, 6) is 0.854. The molecule has 0 aromatic carbocycles. The zero-order chi connectivity index (χ0) is 8.41. The second kappa shape index (κ2) is 10.9. The maximum atomic E-state index is 5.08. The molecule has 0 aromatic rings. The van der Waals surface area contributed by atoms with Gasteiger partial charge in [0.05, 0.1) is 6.61 Å². The molecule has 1 heteroatoms. The number of rotatable bonds is 3. The smallest absolute Gasteiger partial charge is 0.114 e. The second-order valence-corrected chi connectivity index (χ2v) is 1.33. The Morgan fingerprint density at radius 1 is 1.50 bits per heavy atom. The molecule has 0 unspecified atom stereocenters. The molecule has 0 aromatic heterocycles. The number of hydrogen-bond donors (Lipinski definition) is 0. The van der Waals surface area contributed by atoms with E-state index in [9.17, 15) is 0 Å². The molecule has 0 radical (unpaired) electrons. The monoisotopic (exact) mass is 140 g/mol. The van der Waals surface area contributed by atoms with Crippen molar-refractivity contribution < 1.29 is 4.74 Å². The van der Waals surface area contributed by atoms with E-state index >= 15 is 0 Å². The molecule has 0 heterocycles. The molecule has 0 saturated carbocycles. The molecule has 0 spiro atoms. The maximum absolute atomic E-state index is 5.08. The third-order valence-electron chi connectivity index (χ3n) is 0.797. The summed E-state index contributed by atoms with van der Waals surface area (Å²) in [7, 11) is 0. The fourth-order valence-corrected chi connectivity index (χ4v) is 0.427. The van der Waals surface area contributed by atoms with Crippen LogP contribution in [0, 0.1) is 0 Å². The van der Waals surface area contributed by atoms with E-state index in [1.54, 1.807) is 6.08 Å². The van der Waals surface area contributed by atoms with Gasteiger partial charge in [-0.15, -0.1) is 13.2 Å². The van der Waals surface area contributed by atoms with Crippen molar-refractivity contribution in [3.8, 4) is 0 Å². The molecule has 10 heavy (non-hydrogen) atoms. The van der Waals surface area contributed by atoms with Crippen LogP contribution in [0.3, 0.4) is 0 Å². The molecule has 0 N–H and O–H groups in total. The van der Waals surface area contributed by atoms with Crippen LogP contribution in [0.25, 0.3) is 0 Å². The molecule has 0 atom stereocenters. The first-order chi connectivity index (χ1) is 4.85. The molecule has 0 aliphatic rings. The Labute approximate surface area is 63.7 Å². The normalized spacial score (nSPS) is 9.20. The van der Waals surface area contributed by atoms with Gasteiger partial charge in [-0.2, -0.15) is 0 Å². The third kappa shape index (κ3) is 7.02. The predicted octanol–water partition coefficient (Wildman–Crippen LogP) is 2.91. The fraction of sp³-hybridized carbons (Fsp3) is 0.333. The van der Waals surface area contributed by atoms with Crippen LogP contribution in [0.2, 0.25) is 0 Å². The molecule has 0 aliphatic carbocycles. The molecule has 0 saturated heterocycles. The average Bonchev–Trinajstić information content (AvgIpc) is 2.04. The average molecular weight is 140 g/mol. The van der Waals surface area contributed by atoms with Gasteiger partial charge in [0.1, 0.15) is 5.76 Å². The van der Waals surface area contributed by atoms with Crippen LogP contribution < -0.4 is 0 Å². The molecule has 1 nitrogen and oxygen atoms in total. The Balaban J connectivity index is 0. The largest absolute Gasteiger partial charge is 0.494 e. The van der Waals surface area contributed by atoms with Crippen molar-refractivity contribution in [2.45, 2.75) is 13.8 Å². The second-order valence-electron chi connectivity index (χ2n) is 1.33. The van der Waals surface area contributed by atoms with Crippen molar-refractivity contribution in [1.29, 1.82) is 0 Å². The third-order valence-corrected chi connectivity index (χ3v) is 0.797. The zero-order valence-corrected chi connectivity index (χ0v) is 6.89. The lowest BCUT2D eigenvalue weighted by Gasteiger charge is -1.99. The Kier molecular flexibility index (Phi) is 12.8. The summed E-state index contributed by atoms with van der Waals surface area (Å²) in [6, 6.07) is 0. The van der Waals surface area contributed by atoms with Crippen LogP contribution in [0.4, 0.5) is 0 Å². The molecule has 58 valence electrons. The van der Waals surface area contributed by atoms with Gasteiger partial charge in [0.15, 0.2) is 0 Å². The van der Waals surface area contributed by atoms with Gasteiger partial charge in [-0.05, 0) is 26.0 Å². The van der Waals surface area contributed by atoms with E-state index in [2.05, 4.69) is 19.7 Å². The Morgan fingerprint density at radius 3 is 2.10 bits per heavy atom. The standard InChI is InChI=1S/C7H12O.C2H4/c1-4-7(5-2)8-6-3;1-2/h4-5H,1,6H2,2-3H3;1-2H2/b7-5+;. The minimum absolute atomic E-state index is 0.714. The van der Waals surface area contributed by atoms with Gasteiger partial charge in [-0.1, -0.05) is 6.58 Å². The van der Waals surface area contributed by atoms with Crippen LogP contribution in [0.15, 0.2) is 37.6 Å². The fourth-order valence-electron chi connectivity index (χ4n) is 0.427. The summed E-state index contributed by atoms with van der Waals surface area (Å²) in [4.78, 5) is 0. The van der Waals surface area contributed by atoms with E-state index in [0.29, 0.717) is 6.61 Å². The molecule has 0 bridgehead atoms. The highest BCUT2D eigenvalue weighted by molar-refractivity contribution is 5.06. The van der Waals surface area contributed by atoms with Crippen LogP contribution in [0.1, 0.15) is 13.8 Å². The summed E-state index contributed by atoms with van der Waals surface area (Å²) in [5, 5.41) is 0. The van der Waals surface area contributed by atoms with Crippen molar-refractivity contribution in [2.24, 2.45) is 0 Å². The number of ether oxygens (including phenoxy) is 1. The Morgan fingerprint density at radius 2 is 2.00 bits per heavy atom. The van der Waals surface area contributed by atoms with Gasteiger partial charge < -0.3 is 4.74 Å². The highest BCUT2D eigenvalue weighted by Crippen LogP contribution is 1.95. The lowest BCUT2D eigenvalue weighted by Crippen LogP contribution is -1.85. The molecule has 0 amide bonds. The first-order valence-corrected chi connectivity index (χ1v) is 3.26. The summed E-state index contributed by atoms with van der Waals surface area (Å²) in [6.07, 6.45) is 3.58. The van der Waals surface area contributed by atoms with E-state index in [4.69, 9.17) is 4.74 Å². The molecule has 0 fully saturated rings. The topological polar surface area (TPSA) is 9.23 Å². The Hall–Kier alpha value is -0.980. The Bertz CT molecular complexity index is 103. The van der Waals surface area contributed by atoms with E-state index in [1.165, 1.54) is 0 Å². The van der Waals surface area contributed by atoms with E-state index in [-0.39, 0.29) is 0 Å². The van der Waals surface area contributed by atoms with Crippen molar-refractivity contribution in [1.82, 2.24) is 0 Å². The van der Waals surface area contributed by atoms with Gasteiger partial charge in [-0.25, -0.2) is 0 Å². The van der Waals surface area contributed by atoms with E-state index in [0.717, 1.165) is 5.76 Å². The number of allylic oxidation sites excluding steroid dienone is 2. The first-order valence-electron chi connectivity index (χ1n) is 3.26. The van der Waals surface area contributed by atoms with Crippen LogP contribution >= 0.6 is 0 Å². The molecule has 0 rings (SSSR count). The van der Waals surface area contributed by atoms with Crippen molar-refractivity contribution in [3.63, 3.8) is 0 Å². The van der Waals surface area contributed by atoms with E-state index in [1.807, 2.05) is 19.9 Å². The van der Waals surface area contributed by atoms with Crippen LogP contribution in [0.5, 0.6) is 0 Å². The SMILES string of the molecule is C=C.C=C/C(=C\C)OCC. The van der Waals surface area contributed by atoms with Gasteiger partial charge in [0.25, 0.3) is 0 Å². The van der Waals surface area contributed by atoms with Crippen LogP contribution in [-0.2, 0) is 4.74 Å². The van der Waals surface area contributed by atoms with Crippen LogP contribution in [-0.4, -0.2) is 6.61 Å².